The van der Waals surface area contributed by atoms with E-state index in [1.54, 1.807) is 12.2 Å². The second-order valence-corrected chi connectivity index (χ2v) is 2.87. The number of hydrogen-bond donors (Lipinski definition) is 0. The van der Waals surface area contributed by atoms with E-state index in [1.165, 1.54) is 0 Å². The van der Waals surface area contributed by atoms with Crippen molar-refractivity contribution in [1.82, 2.24) is 4.98 Å². The van der Waals surface area contributed by atoms with Crippen molar-refractivity contribution in [3.05, 3.63) is 48.7 Å². The van der Waals surface area contributed by atoms with Gasteiger partial charge in [0.05, 0.1) is 0 Å². The number of rotatable bonds is 3. The number of nitrogens with zero attached hydrogens (tertiary/aromatic N) is 1. The first-order valence-electron chi connectivity index (χ1n) is 6.02. The first-order valence-corrected chi connectivity index (χ1v) is 6.02. The molecule has 0 atom stereocenters. The van der Waals surface area contributed by atoms with Crippen LogP contribution in [-0.4, -0.2) is 4.98 Å². The highest BCUT2D eigenvalue weighted by molar-refractivity contribution is 5.46. The molecule has 0 radical (unpaired) electrons. The summed E-state index contributed by atoms with van der Waals surface area (Å²) in [5.74, 6) is 1.72. The van der Waals surface area contributed by atoms with Crippen LogP contribution in [0.2, 0.25) is 0 Å². The van der Waals surface area contributed by atoms with Crippen molar-refractivity contribution in [1.29, 1.82) is 0 Å². The minimum Gasteiger partial charge on any atom is -0.445 e. The first kappa shape index (κ1) is 17.8. The van der Waals surface area contributed by atoms with Crippen LogP contribution in [0.25, 0.3) is 6.08 Å². The van der Waals surface area contributed by atoms with Crippen molar-refractivity contribution in [2.24, 2.45) is 0 Å². The molecule has 0 aliphatic carbocycles. The van der Waals surface area contributed by atoms with E-state index in [9.17, 15) is 0 Å². The van der Waals surface area contributed by atoms with Crippen molar-refractivity contribution >= 4 is 6.08 Å². The summed E-state index contributed by atoms with van der Waals surface area (Å²) in [5.41, 5.74) is 0.965. The fraction of sp³-hybridized carbons (Fsp3) is 0.400. The van der Waals surface area contributed by atoms with Crippen LogP contribution in [0.4, 0.5) is 0 Å². The first-order chi connectivity index (χ1) is 8.19. The predicted molar refractivity (Wildman–Crippen MR) is 77.1 cm³/mol. The summed E-state index contributed by atoms with van der Waals surface area (Å²) in [6, 6.07) is 0. The van der Waals surface area contributed by atoms with Gasteiger partial charge >= 0.3 is 0 Å². The third-order valence-corrected chi connectivity index (χ3v) is 1.65. The fourth-order valence-corrected chi connectivity index (χ4v) is 1.03. The van der Waals surface area contributed by atoms with Gasteiger partial charge in [0.1, 0.15) is 11.5 Å². The number of hydrogen-bond acceptors (Lipinski definition) is 2. The number of oxazole rings is 1. The van der Waals surface area contributed by atoms with Gasteiger partial charge in [-0.15, -0.1) is 0 Å². The van der Waals surface area contributed by atoms with Crippen LogP contribution in [0.3, 0.4) is 0 Å². The summed E-state index contributed by atoms with van der Waals surface area (Å²) < 4.78 is 5.35. The maximum atomic E-state index is 5.35. The van der Waals surface area contributed by atoms with Crippen LogP contribution in [0.5, 0.6) is 0 Å². The van der Waals surface area contributed by atoms with Crippen LogP contribution in [-0.2, 0) is 6.42 Å². The van der Waals surface area contributed by atoms with E-state index in [4.69, 9.17) is 4.42 Å². The highest BCUT2D eigenvalue weighted by Gasteiger charge is 2.04. The van der Waals surface area contributed by atoms with Crippen LogP contribution in [0.15, 0.2) is 35.8 Å². The molecule has 2 heteroatoms. The summed E-state index contributed by atoms with van der Waals surface area (Å²) >= 11 is 0. The monoisotopic (exact) mass is 235 g/mol. The van der Waals surface area contributed by atoms with Crippen molar-refractivity contribution in [2.75, 3.05) is 0 Å². The average molecular weight is 235 g/mol. The third kappa shape index (κ3) is 8.26. The molecule has 0 spiro atoms. The normalized spacial score (nSPS) is 8.76. The van der Waals surface area contributed by atoms with Gasteiger partial charge in [-0.05, 0) is 13.0 Å². The van der Waals surface area contributed by atoms with Gasteiger partial charge in [-0.2, -0.15) is 0 Å². The molecule has 17 heavy (non-hydrogen) atoms. The molecule has 1 rings (SSSR count). The SMILES string of the molecule is C/C=C\c1nc(C)oc1CC.C=CC=C.CC. The lowest BCUT2D eigenvalue weighted by molar-refractivity contribution is 0.479. The Kier molecular flexibility index (Phi) is 13.1. The molecule has 2 nitrogen and oxygen atoms in total. The summed E-state index contributed by atoms with van der Waals surface area (Å²) in [5, 5.41) is 0. The quantitative estimate of drug-likeness (QED) is 0.692. The summed E-state index contributed by atoms with van der Waals surface area (Å²) in [6.07, 6.45) is 8.12. The highest BCUT2D eigenvalue weighted by atomic mass is 16.4. The summed E-state index contributed by atoms with van der Waals surface area (Å²) in [6.45, 7) is 16.6. The van der Waals surface area contributed by atoms with E-state index in [-0.39, 0.29) is 0 Å². The molecule has 96 valence electrons. The lowest BCUT2D eigenvalue weighted by atomic mass is 10.3. The second kappa shape index (κ2) is 12.5. The minimum absolute atomic E-state index is 0.745. The fourth-order valence-electron chi connectivity index (χ4n) is 1.03. The number of allylic oxidation sites excluding steroid dienone is 3. The van der Waals surface area contributed by atoms with Gasteiger partial charge in [0, 0.05) is 13.3 Å². The van der Waals surface area contributed by atoms with Gasteiger partial charge in [0.25, 0.3) is 0 Å². The van der Waals surface area contributed by atoms with Gasteiger partial charge < -0.3 is 4.42 Å². The van der Waals surface area contributed by atoms with E-state index < -0.39 is 0 Å². The molecule has 0 N–H and O–H groups in total. The van der Waals surface area contributed by atoms with Crippen LogP contribution in [0.1, 0.15) is 45.0 Å². The van der Waals surface area contributed by atoms with E-state index in [1.807, 2.05) is 39.8 Å². The van der Waals surface area contributed by atoms with Crippen molar-refractivity contribution in [3.63, 3.8) is 0 Å². The molecule has 0 unspecified atom stereocenters. The van der Waals surface area contributed by atoms with E-state index >= 15 is 0 Å². The molecular weight excluding hydrogens is 210 g/mol. The Morgan fingerprint density at radius 1 is 1.24 bits per heavy atom. The van der Waals surface area contributed by atoms with Crippen LogP contribution >= 0.6 is 0 Å². The Morgan fingerprint density at radius 3 is 2.12 bits per heavy atom. The van der Waals surface area contributed by atoms with Gasteiger partial charge in [-0.1, -0.05) is 52.2 Å². The van der Waals surface area contributed by atoms with E-state index in [0.717, 1.165) is 23.8 Å². The number of aromatic nitrogens is 1. The maximum Gasteiger partial charge on any atom is 0.191 e. The maximum absolute atomic E-state index is 5.35. The Hall–Kier alpha value is -1.57. The van der Waals surface area contributed by atoms with Gasteiger partial charge in [-0.25, -0.2) is 4.98 Å². The zero-order valence-electron chi connectivity index (χ0n) is 11.8. The Morgan fingerprint density at radius 2 is 1.76 bits per heavy atom. The van der Waals surface area contributed by atoms with Gasteiger partial charge in [0.15, 0.2) is 5.89 Å². The third-order valence-electron chi connectivity index (χ3n) is 1.65. The smallest absolute Gasteiger partial charge is 0.191 e. The second-order valence-electron chi connectivity index (χ2n) is 2.87. The highest BCUT2D eigenvalue weighted by Crippen LogP contribution is 2.12. The van der Waals surface area contributed by atoms with Crippen molar-refractivity contribution in [2.45, 2.75) is 41.0 Å². The molecule has 0 bridgehead atoms. The Balaban J connectivity index is 0. The van der Waals surface area contributed by atoms with Crippen LogP contribution in [0, 0.1) is 6.92 Å². The molecule has 1 aromatic rings. The molecule has 0 aliphatic heterocycles. The largest absolute Gasteiger partial charge is 0.445 e. The molecule has 0 saturated carbocycles. The van der Waals surface area contributed by atoms with Crippen molar-refractivity contribution < 1.29 is 4.42 Å². The summed E-state index contributed by atoms with van der Waals surface area (Å²) in [4.78, 5) is 4.22. The Labute approximate surface area is 106 Å². The van der Waals surface area contributed by atoms with Crippen LogP contribution < -0.4 is 0 Å². The number of aryl methyl sites for hydroxylation is 2. The molecule has 0 saturated heterocycles. The molecule has 1 heterocycles. The van der Waals surface area contributed by atoms with E-state index in [2.05, 4.69) is 25.1 Å². The zero-order chi connectivity index (χ0) is 13.7. The molecule has 0 amide bonds. The molecule has 0 aliphatic rings. The zero-order valence-corrected chi connectivity index (χ0v) is 11.8. The average Bonchev–Trinajstić information content (AvgIpc) is 2.73. The summed E-state index contributed by atoms with van der Waals surface area (Å²) in [7, 11) is 0. The van der Waals surface area contributed by atoms with Gasteiger partial charge in [-0.3, -0.25) is 0 Å². The molecule has 0 aromatic carbocycles. The topological polar surface area (TPSA) is 26.0 Å². The minimum atomic E-state index is 0.745. The molecular formula is C15H25NO. The molecule has 1 aromatic heterocycles. The lowest BCUT2D eigenvalue weighted by Crippen LogP contribution is -1.79. The van der Waals surface area contributed by atoms with E-state index in [0.29, 0.717) is 0 Å². The Bertz CT molecular complexity index is 329. The molecule has 0 fully saturated rings. The van der Waals surface area contributed by atoms with Gasteiger partial charge in [0.2, 0.25) is 0 Å². The lowest BCUT2D eigenvalue weighted by Gasteiger charge is -1.87. The standard InChI is InChI=1S/C9H13NO.C4H6.C2H6/c1-4-6-8-9(5-2)11-7(3)10-8;1-3-4-2;1-2/h4,6H,5H2,1-3H3;3-4H,1-2H2;1-2H3/b6-4-;;. The predicted octanol–water partition coefficient (Wildman–Crippen LogP) is 4.96. The van der Waals surface area contributed by atoms with Crippen molar-refractivity contribution in [3.8, 4) is 0 Å².